The minimum Gasteiger partial charge on any atom is -0.462 e. The lowest BCUT2D eigenvalue weighted by Crippen LogP contribution is -2.06. The van der Waals surface area contributed by atoms with Gasteiger partial charge in [-0.3, -0.25) is 10.1 Å². The predicted molar refractivity (Wildman–Crippen MR) is 81.9 cm³/mol. The van der Waals surface area contributed by atoms with Crippen molar-refractivity contribution in [1.82, 2.24) is 0 Å². The number of nitro benzene ring substituents is 1. The van der Waals surface area contributed by atoms with E-state index in [1.54, 1.807) is 38.1 Å². The van der Waals surface area contributed by atoms with Crippen molar-refractivity contribution < 1.29 is 18.9 Å². The number of nitrogens with zero attached hydrogens (tertiary/aromatic N) is 2. The Balaban J connectivity index is 1.97. The van der Waals surface area contributed by atoms with Gasteiger partial charge in [0.05, 0.1) is 4.92 Å². The maximum Gasteiger partial charge on any atom is 0.363 e. The number of aliphatic imine (C=N–C) groups is 1. The van der Waals surface area contributed by atoms with Gasteiger partial charge in [0.2, 0.25) is 5.90 Å². The number of cyclic esters (lactones) is 1. The van der Waals surface area contributed by atoms with Crippen molar-refractivity contribution in [3.8, 4) is 0 Å². The van der Waals surface area contributed by atoms with Crippen LogP contribution in [0.3, 0.4) is 0 Å². The third kappa shape index (κ3) is 2.89. The molecule has 1 aromatic heterocycles. The van der Waals surface area contributed by atoms with Crippen molar-refractivity contribution in [3.63, 3.8) is 0 Å². The number of ether oxygens (including phenoxy) is 1. The van der Waals surface area contributed by atoms with E-state index < -0.39 is 10.9 Å². The second-order valence-electron chi connectivity index (χ2n) is 5.04. The number of esters is 1. The first kappa shape index (κ1) is 14.7. The molecule has 2 aromatic rings. The van der Waals surface area contributed by atoms with Crippen molar-refractivity contribution in [1.29, 1.82) is 0 Å². The van der Waals surface area contributed by atoms with Crippen LogP contribution in [0.5, 0.6) is 0 Å². The van der Waals surface area contributed by atoms with Crippen molar-refractivity contribution in [2.75, 3.05) is 0 Å². The summed E-state index contributed by atoms with van der Waals surface area (Å²) in [5, 5.41) is 11.0. The number of nitro groups is 1. The van der Waals surface area contributed by atoms with Crippen LogP contribution in [0.2, 0.25) is 0 Å². The molecule has 2 heterocycles. The molecule has 23 heavy (non-hydrogen) atoms. The Morgan fingerprint density at radius 3 is 2.65 bits per heavy atom. The largest absolute Gasteiger partial charge is 0.462 e. The minimum atomic E-state index is -0.628. The van der Waals surface area contributed by atoms with E-state index in [0.29, 0.717) is 22.6 Å². The molecule has 0 saturated heterocycles. The SMILES string of the molecule is Cc1ccc(/C=C2\N=C(c3ccc(C)c([N+](=O)[O-])c3)OC2=O)o1. The number of benzene rings is 1. The number of aryl methyl sites for hydroxylation is 2. The van der Waals surface area contributed by atoms with Crippen LogP contribution in [0, 0.1) is 24.0 Å². The molecule has 0 spiro atoms. The number of rotatable bonds is 3. The van der Waals surface area contributed by atoms with Gasteiger partial charge in [-0.05, 0) is 32.0 Å². The molecule has 1 aliphatic rings. The van der Waals surface area contributed by atoms with Crippen LogP contribution in [0.15, 0.2) is 45.4 Å². The zero-order valence-corrected chi connectivity index (χ0v) is 12.4. The third-order valence-corrected chi connectivity index (χ3v) is 3.31. The number of furan rings is 1. The first-order valence-electron chi connectivity index (χ1n) is 6.78. The van der Waals surface area contributed by atoms with Crippen LogP contribution in [-0.2, 0) is 9.53 Å². The highest BCUT2D eigenvalue weighted by Gasteiger charge is 2.26. The summed E-state index contributed by atoms with van der Waals surface area (Å²) >= 11 is 0. The maximum absolute atomic E-state index is 11.9. The second-order valence-corrected chi connectivity index (χ2v) is 5.04. The van der Waals surface area contributed by atoms with E-state index in [2.05, 4.69) is 4.99 Å². The first-order valence-corrected chi connectivity index (χ1v) is 6.78. The molecular formula is C16H12N2O5. The summed E-state index contributed by atoms with van der Waals surface area (Å²) in [6.45, 7) is 3.42. The van der Waals surface area contributed by atoms with Crippen LogP contribution >= 0.6 is 0 Å². The van der Waals surface area contributed by atoms with Crippen LogP contribution in [0.25, 0.3) is 6.08 Å². The summed E-state index contributed by atoms with van der Waals surface area (Å²) in [6, 6.07) is 8.01. The number of hydrogen-bond donors (Lipinski definition) is 0. The molecule has 0 N–H and O–H groups in total. The normalized spacial score (nSPS) is 15.7. The molecule has 0 fully saturated rings. The summed E-state index contributed by atoms with van der Waals surface area (Å²) in [5.74, 6) is 0.598. The van der Waals surface area contributed by atoms with Gasteiger partial charge in [-0.1, -0.05) is 6.07 Å². The number of carbonyl (C=O) groups is 1. The Hall–Kier alpha value is -3.22. The maximum atomic E-state index is 11.9. The van der Waals surface area contributed by atoms with Crippen molar-refractivity contribution in [2.24, 2.45) is 4.99 Å². The molecule has 0 bridgehead atoms. The Morgan fingerprint density at radius 2 is 2.00 bits per heavy atom. The Kier molecular flexibility index (Phi) is 3.53. The quantitative estimate of drug-likeness (QED) is 0.375. The van der Waals surface area contributed by atoms with Gasteiger partial charge in [-0.25, -0.2) is 9.79 Å². The lowest BCUT2D eigenvalue weighted by Gasteiger charge is -2.01. The topological polar surface area (TPSA) is 94.9 Å². The molecule has 0 aliphatic carbocycles. The van der Waals surface area contributed by atoms with Crippen molar-refractivity contribution in [2.45, 2.75) is 13.8 Å². The molecule has 7 heteroatoms. The zero-order valence-electron chi connectivity index (χ0n) is 12.4. The van der Waals surface area contributed by atoms with Crippen LogP contribution < -0.4 is 0 Å². The van der Waals surface area contributed by atoms with Gasteiger partial charge in [0.15, 0.2) is 5.70 Å². The van der Waals surface area contributed by atoms with Crippen LogP contribution in [-0.4, -0.2) is 16.8 Å². The van der Waals surface area contributed by atoms with Crippen molar-refractivity contribution in [3.05, 3.63) is 68.8 Å². The van der Waals surface area contributed by atoms with E-state index in [1.807, 2.05) is 0 Å². The molecular weight excluding hydrogens is 300 g/mol. The highest BCUT2D eigenvalue weighted by molar-refractivity contribution is 6.12. The molecule has 0 unspecified atom stereocenters. The smallest absolute Gasteiger partial charge is 0.363 e. The molecule has 1 aliphatic heterocycles. The average Bonchev–Trinajstić information content (AvgIpc) is 3.06. The third-order valence-electron chi connectivity index (χ3n) is 3.31. The van der Waals surface area contributed by atoms with Crippen molar-refractivity contribution >= 4 is 23.6 Å². The molecule has 3 rings (SSSR count). The van der Waals surface area contributed by atoms with Crippen LogP contribution in [0.1, 0.15) is 22.6 Å². The fraction of sp³-hybridized carbons (Fsp3) is 0.125. The van der Waals surface area contributed by atoms with E-state index in [-0.39, 0.29) is 17.3 Å². The monoisotopic (exact) mass is 312 g/mol. The van der Waals surface area contributed by atoms with Gasteiger partial charge in [0.1, 0.15) is 11.5 Å². The summed E-state index contributed by atoms with van der Waals surface area (Å²) in [7, 11) is 0. The Morgan fingerprint density at radius 1 is 1.22 bits per heavy atom. The fourth-order valence-corrected chi connectivity index (χ4v) is 2.14. The second kappa shape index (κ2) is 5.53. The average molecular weight is 312 g/mol. The summed E-state index contributed by atoms with van der Waals surface area (Å²) < 4.78 is 10.5. The van der Waals surface area contributed by atoms with Gasteiger partial charge >= 0.3 is 5.97 Å². The van der Waals surface area contributed by atoms with E-state index >= 15 is 0 Å². The lowest BCUT2D eigenvalue weighted by atomic mass is 10.1. The van der Waals surface area contributed by atoms with E-state index in [0.717, 1.165) is 0 Å². The van der Waals surface area contributed by atoms with Gasteiger partial charge in [-0.2, -0.15) is 0 Å². The summed E-state index contributed by atoms with van der Waals surface area (Å²) in [4.78, 5) is 26.5. The van der Waals surface area contributed by atoms with Gasteiger partial charge in [-0.15, -0.1) is 0 Å². The van der Waals surface area contributed by atoms with Gasteiger partial charge in [0, 0.05) is 23.3 Å². The molecule has 116 valence electrons. The molecule has 0 amide bonds. The minimum absolute atomic E-state index is 0.0348. The Bertz CT molecular complexity index is 876. The predicted octanol–water partition coefficient (Wildman–Crippen LogP) is 3.15. The van der Waals surface area contributed by atoms with E-state index in [9.17, 15) is 14.9 Å². The lowest BCUT2D eigenvalue weighted by molar-refractivity contribution is -0.385. The zero-order chi connectivity index (χ0) is 16.6. The molecule has 1 aromatic carbocycles. The highest BCUT2D eigenvalue weighted by atomic mass is 16.6. The van der Waals surface area contributed by atoms with Crippen LogP contribution in [0.4, 0.5) is 5.69 Å². The first-order chi connectivity index (χ1) is 10.9. The van der Waals surface area contributed by atoms with E-state index in [4.69, 9.17) is 9.15 Å². The fourth-order valence-electron chi connectivity index (χ4n) is 2.14. The number of carbonyl (C=O) groups excluding carboxylic acids is 1. The summed E-state index contributed by atoms with van der Waals surface area (Å²) in [6.07, 6.45) is 1.46. The highest BCUT2D eigenvalue weighted by Crippen LogP contribution is 2.24. The molecule has 7 nitrogen and oxygen atoms in total. The van der Waals surface area contributed by atoms with E-state index in [1.165, 1.54) is 12.1 Å². The summed E-state index contributed by atoms with van der Waals surface area (Å²) in [5.41, 5.74) is 0.915. The standard InChI is InChI=1S/C16H12N2O5/c1-9-3-5-11(7-14(9)18(20)21)15-17-13(16(19)23-15)8-12-6-4-10(2)22-12/h3-8H,1-2H3/b13-8-. The Labute approximate surface area is 131 Å². The van der Waals surface area contributed by atoms with Gasteiger partial charge < -0.3 is 9.15 Å². The molecule has 0 saturated carbocycles. The molecule has 0 radical (unpaired) electrons. The molecule has 0 atom stereocenters. The number of hydrogen-bond acceptors (Lipinski definition) is 6. The van der Waals surface area contributed by atoms with Gasteiger partial charge in [0.25, 0.3) is 5.69 Å².